The molecule has 0 spiro atoms. The SMILES string of the molecule is CC1=CC=NC(N)N1c1ccccc1. The van der Waals surface area contributed by atoms with Gasteiger partial charge < -0.3 is 4.90 Å². The predicted octanol–water partition coefficient (Wildman–Crippen LogP) is 1.72. The van der Waals surface area contributed by atoms with Crippen molar-refractivity contribution in [3.8, 4) is 0 Å². The molecule has 1 aliphatic rings. The standard InChI is InChI=1S/C11H13N3/c1-9-7-8-13-11(12)14(9)10-5-3-2-4-6-10/h2-8,11H,12H2,1H3. The molecule has 0 saturated carbocycles. The van der Waals surface area contributed by atoms with Crippen LogP contribution in [0.5, 0.6) is 0 Å². The normalized spacial score (nSPS) is 20.9. The molecular formula is C11H13N3. The summed E-state index contributed by atoms with van der Waals surface area (Å²) in [5.74, 6) is 0. The molecule has 0 radical (unpaired) electrons. The molecule has 1 atom stereocenters. The summed E-state index contributed by atoms with van der Waals surface area (Å²) in [6.07, 6.45) is 3.40. The van der Waals surface area contributed by atoms with E-state index in [1.165, 1.54) is 0 Å². The number of hydrogen-bond acceptors (Lipinski definition) is 3. The van der Waals surface area contributed by atoms with Crippen molar-refractivity contribution in [3.05, 3.63) is 42.1 Å². The largest absolute Gasteiger partial charge is 0.311 e. The summed E-state index contributed by atoms with van der Waals surface area (Å²) >= 11 is 0. The predicted molar refractivity (Wildman–Crippen MR) is 59.1 cm³/mol. The monoisotopic (exact) mass is 187 g/mol. The van der Waals surface area contributed by atoms with Gasteiger partial charge >= 0.3 is 0 Å². The number of rotatable bonds is 1. The molecule has 0 aliphatic carbocycles. The van der Waals surface area contributed by atoms with E-state index in [0.717, 1.165) is 11.4 Å². The van der Waals surface area contributed by atoms with Gasteiger partial charge in [0.1, 0.15) is 0 Å². The maximum atomic E-state index is 5.89. The Morgan fingerprint density at radius 1 is 1.29 bits per heavy atom. The van der Waals surface area contributed by atoms with Gasteiger partial charge in [-0.25, -0.2) is 0 Å². The molecule has 0 fully saturated rings. The zero-order chi connectivity index (χ0) is 9.97. The summed E-state index contributed by atoms with van der Waals surface area (Å²) in [6.45, 7) is 2.03. The van der Waals surface area contributed by atoms with Gasteiger partial charge in [-0.3, -0.25) is 10.7 Å². The van der Waals surface area contributed by atoms with Crippen molar-refractivity contribution in [1.29, 1.82) is 0 Å². The van der Waals surface area contributed by atoms with E-state index in [4.69, 9.17) is 5.73 Å². The fraction of sp³-hybridized carbons (Fsp3) is 0.182. The Balaban J connectivity index is 2.35. The lowest BCUT2D eigenvalue weighted by Crippen LogP contribution is -2.41. The Hall–Kier alpha value is -1.61. The number of allylic oxidation sites excluding steroid dienone is 2. The number of nitrogens with two attached hydrogens (primary N) is 1. The van der Waals surface area contributed by atoms with Crippen LogP contribution in [0.3, 0.4) is 0 Å². The average molecular weight is 187 g/mol. The molecule has 0 aromatic heterocycles. The Morgan fingerprint density at radius 2 is 2.00 bits per heavy atom. The summed E-state index contributed by atoms with van der Waals surface area (Å²) in [4.78, 5) is 6.14. The van der Waals surface area contributed by atoms with Gasteiger partial charge in [0.05, 0.1) is 0 Å². The van der Waals surface area contributed by atoms with Crippen molar-refractivity contribution in [2.45, 2.75) is 13.2 Å². The topological polar surface area (TPSA) is 41.6 Å². The Morgan fingerprint density at radius 3 is 2.64 bits per heavy atom. The molecule has 0 amide bonds. The Kier molecular flexibility index (Phi) is 2.33. The fourth-order valence-electron chi connectivity index (χ4n) is 1.54. The van der Waals surface area contributed by atoms with Gasteiger partial charge in [0.2, 0.25) is 0 Å². The molecule has 0 bridgehead atoms. The molecule has 1 aliphatic heterocycles. The molecule has 2 rings (SSSR count). The number of aliphatic imine (C=N–C) groups is 1. The minimum atomic E-state index is -0.303. The number of para-hydroxylation sites is 1. The lowest BCUT2D eigenvalue weighted by atomic mass is 10.2. The van der Waals surface area contributed by atoms with Crippen LogP contribution in [0.4, 0.5) is 5.69 Å². The van der Waals surface area contributed by atoms with Gasteiger partial charge in [-0.15, -0.1) is 0 Å². The third kappa shape index (κ3) is 1.54. The second-order valence-electron chi connectivity index (χ2n) is 3.23. The Bertz CT molecular complexity index is 367. The molecule has 2 N–H and O–H groups in total. The first-order valence-electron chi connectivity index (χ1n) is 4.59. The van der Waals surface area contributed by atoms with Gasteiger partial charge in [-0.1, -0.05) is 18.2 Å². The molecule has 3 heteroatoms. The highest BCUT2D eigenvalue weighted by atomic mass is 15.3. The minimum Gasteiger partial charge on any atom is -0.311 e. The van der Waals surface area contributed by atoms with E-state index in [2.05, 4.69) is 4.99 Å². The van der Waals surface area contributed by atoms with Crippen LogP contribution in [0.1, 0.15) is 6.92 Å². The number of hydrogen-bond donors (Lipinski definition) is 1. The van der Waals surface area contributed by atoms with E-state index >= 15 is 0 Å². The van der Waals surface area contributed by atoms with E-state index in [1.807, 2.05) is 48.2 Å². The van der Waals surface area contributed by atoms with Gasteiger partial charge in [-0.05, 0) is 25.1 Å². The molecule has 14 heavy (non-hydrogen) atoms. The van der Waals surface area contributed by atoms with Crippen molar-refractivity contribution in [2.75, 3.05) is 4.90 Å². The second kappa shape index (κ2) is 3.64. The molecule has 3 nitrogen and oxygen atoms in total. The maximum absolute atomic E-state index is 5.89. The molecule has 0 saturated heterocycles. The molecular weight excluding hydrogens is 174 g/mol. The Labute approximate surface area is 83.6 Å². The number of benzene rings is 1. The summed E-state index contributed by atoms with van der Waals surface area (Å²) in [7, 11) is 0. The molecule has 72 valence electrons. The highest BCUT2D eigenvalue weighted by molar-refractivity contribution is 5.76. The van der Waals surface area contributed by atoms with Crippen LogP contribution in [-0.2, 0) is 0 Å². The molecule has 1 heterocycles. The highest BCUT2D eigenvalue weighted by Gasteiger charge is 2.16. The lowest BCUT2D eigenvalue weighted by Gasteiger charge is -2.30. The van der Waals surface area contributed by atoms with Crippen molar-refractivity contribution in [1.82, 2.24) is 0 Å². The summed E-state index contributed by atoms with van der Waals surface area (Å²) in [5.41, 5.74) is 8.07. The fourth-order valence-corrected chi connectivity index (χ4v) is 1.54. The lowest BCUT2D eigenvalue weighted by molar-refractivity contribution is 0.687. The van der Waals surface area contributed by atoms with Crippen molar-refractivity contribution < 1.29 is 0 Å². The van der Waals surface area contributed by atoms with Crippen LogP contribution in [0, 0.1) is 0 Å². The quantitative estimate of drug-likeness (QED) is 0.727. The van der Waals surface area contributed by atoms with Gasteiger partial charge in [0, 0.05) is 17.6 Å². The molecule has 1 aromatic rings. The third-order valence-electron chi connectivity index (χ3n) is 2.23. The first-order valence-corrected chi connectivity index (χ1v) is 4.59. The zero-order valence-corrected chi connectivity index (χ0v) is 8.09. The van der Waals surface area contributed by atoms with Crippen LogP contribution in [-0.4, -0.2) is 12.5 Å². The first-order chi connectivity index (χ1) is 6.79. The van der Waals surface area contributed by atoms with E-state index in [9.17, 15) is 0 Å². The van der Waals surface area contributed by atoms with E-state index in [-0.39, 0.29) is 6.29 Å². The number of anilines is 1. The van der Waals surface area contributed by atoms with E-state index < -0.39 is 0 Å². The third-order valence-corrected chi connectivity index (χ3v) is 2.23. The van der Waals surface area contributed by atoms with Gasteiger partial charge in [-0.2, -0.15) is 0 Å². The van der Waals surface area contributed by atoms with Crippen LogP contribution in [0.2, 0.25) is 0 Å². The summed E-state index contributed by atoms with van der Waals surface area (Å²) < 4.78 is 0. The highest BCUT2D eigenvalue weighted by Crippen LogP contribution is 2.21. The summed E-state index contributed by atoms with van der Waals surface area (Å²) in [5, 5.41) is 0. The van der Waals surface area contributed by atoms with Crippen LogP contribution < -0.4 is 10.6 Å². The number of nitrogens with zero attached hydrogens (tertiary/aromatic N) is 2. The second-order valence-corrected chi connectivity index (χ2v) is 3.23. The molecule has 1 unspecified atom stereocenters. The van der Waals surface area contributed by atoms with Crippen LogP contribution in [0.25, 0.3) is 0 Å². The minimum absolute atomic E-state index is 0.303. The van der Waals surface area contributed by atoms with Gasteiger partial charge in [0.15, 0.2) is 6.29 Å². The van der Waals surface area contributed by atoms with Crippen molar-refractivity contribution in [2.24, 2.45) is 10.7 Å². The van der Waals surface area contributed by atoms with E-state index in [0.29, 0.717) is 0 Å². The smallest absolute Gasteiger partial charge is 0.177 e. The van der Waals surface area contributed by atoms with Crippen molar-refractivity contribution in [3.63, 3.8) is 0 Å². The van der Waals surface area contributed by atoms with Gasteiger partial charge in [0.25, 0.3) is 0 Å². The van der Waals surface area contributed by atoms with Crippen LogP contribution in [0.15, 0.2) is 47.1 Å². The first kappa shape index (κ1) is 8.97. The van der Waals surface area contributed by atoms with E-state index in [1.54, 1.807) is 6.21 Å². The summed E-state index contributed by atoms with van der Waals surface area (Å²) in [6, 6.07) is 10.0. The average Bonchev–Trinajstić information content (AvgIpc) is 2.19. The molecule has 1 aromatic carbocycles. The van der Waals surface area contributed by atoms with Crippen LogP contribution >= 0.6 is 0 Å². The maximum Gasteiger partial charge on any atom is 0.177 e. The van der Waals surface area contributed by atoms with Crippen molar-refractivity contribution >= 4 is 11.9 Å². The zero-order valence-electron chi connectivity index (χ0n) is 8.09.